The summed E-state index contributed by atoms with van der Waals surface area (Å²) < 4.78 is 171. The summed E-state index contributed by atoms with van der Waals surface area (Å²) >= 11 is 0. The van der Waals surface area contributed by atoms with E-state index in [1.165, 1.54) is 14.2 Å². The lowest BCUT2D eigenvalue weighted by Gasteiger charge is -2.50. The minimum Gasteiger partial charge on any atom is -0.479 e. The van der Waals surface area contributed by atoms with Crippen molar-refractivity contribution in [2.45, 2.75) is 190 Å². The van der Waals surface area contributed by atoms with Gasteiger partial charge in [-0.05, 0) is 13.0 Å². The number of nitrogens with two attached hydrogens (primary N) is 1. The van der Waals surface area contributed by atoms with E-state index in [2.05, 4.69) is 0 Å². The average Bonchev–Trinajstić information content (AvgIpc) is 1.14. The molecule has 0 aliphatic carbocycles. The monoisotopic (exact) mass is 1330 g/mol. The molecule has 24 N–H and O–H groups in total. The molecule has 6 heterocycles. The molecule has 6 saturated heterocycles. The van der Waals surface area contributed by atoms with Crippen LogP contribution < -0.4 is 19.9 Å². The van der Waals surface area contributed by atoms with Gasteiger partial charge in [0.15, 0.2) is 56.1 Å². The maximum absolute atomic E-state index is 12.8. The fourth-order valence-corrected chi connectivity index (χ4v) is 11.6. The molecule has 6 aliphatic heterocycles. The van der Waals surface area contributed by atoms with Crippen molar-refractivity contribution in [3.05, 3.63) is 0 Å². The fraction of sp³-hybridized carbons (Fsp3) is 0.923. The lowest BCUT2D eigenvalue weighted by molar-refractivity contribution is -0.378. The summed E-state index contributed by atoms with van der Waals surface area (Å²) in [7, 11) is -16.5. The van der Waals surface area contributed by atoms with E-state index in [0.29, 0.717) is 0 Å². The standard InChI is InChI=1S/C39H66N4O40S3/c40-2-1-3-72-37-20(54)17(51)25(28(81-37)31(57)58)79-35-11(42-85(66,67)68)15(49)23(8(5-45)74-35)77-39-22(56)19(53)27(30(83-39)33(61)62)80-36-12(43-86(69,70)71)16(50)24(9(6-46)75-36)76-38-21(55)18(52)26(29(82-38)32(59)60)78-34-10(41-84(63,64)65)14(48)13(47)7(4-44)73-34/h7-30,34-39,41-56H,1-6,40H2,(H,57,58)(H,59,60)(H,61,62)(H,63,64,65)(H,66,67,68)(H,69,70,71)/t7-,8-,9-,10-,11-,12-,13-,14-,15-,16-,17-,18-,19-,20-,21-,22-,23-,24-,25+,26+,27+,28-,29-,30-,34-,35-,36-,37-,38-,39-/m1/s1. The Labute approximate surface area is 482 Å². The van der Waals surface area contributed by atoms with Crippen molar-refractivity contribution >= 4 is 48.8 Å². The number of aliphatic hydroxyl groups excluding tert-OH is 13. The summed E-state index contributed by atoms with van der Waals surface area (Å²) in [4.78, 5) is 37.7. The first-order chi connectivity index (χ1) is 40.0. The number of rotatable bonds is 26. The smallest absolute Gasteiger partial charge is 0.335 e. The Morgan fingerprint density at radius 1 is 0.384 bits per heavy atom. The molecule has 0 saturated carbocycles. The second kappa shape index (κ2) is 29.5. The number of ether oxygens (including phenoxy) is 12. The lowest BCUT2D eigenvalue weighted by Crippen LogP contribution is -2.71. The molecular formula is C39H66N4O40S3. The fourth-order valence-electron chi connectivity index (χ4n) is 9.78. The van der Waals surface area contributed by atoms with Crippen molar-refractivity contribution < 1.29 is 192 Å². The van der Waals surface area contributed by atoms with Gasteiger partial charge in [0.1, 0.15) is 128 Å². The van der Waals surface area contributed by atoms with E-state index >= 15 is 0 Å². The second-order valence-corrected chi connectivity index (χ2v) is 23.3. The van der Waals surface area contributed by atoms with Crippen LogP contribution in [0, 0.1) is 0 Å². The quantitative estimate of drug-likeness (QED) is 0.0282. The highest BCUT2D eigenvalue weighted by Gasteiger charge is 2.60. The van der Waals surface area contributed by atoms with Crippen LogP contribution in [0.1, 0.15) is 6.42 Å². The molecule has 47 heteroatoms. The molecule has 0 aromatic rings. The van der Waals surface area contributed by atoms with Gasteiger partial charge < -0.3 is 144 Å². The Kier molecular flexibility index (Phi) is 24.7. The molecule has 30 atom stereocenters. The van der Waals surface area contributed by atoms with Crippen molar-refractivity contribution in [3.8, 4) is 0 Å². The van der Waals surface area contributed by atoms with Crippen LogP contribution in [0.15, 0.2) is 0 Å². The maximum Gasteiger partial charge on any atom is 0.335 e. The number of hydrogen-bond acceptors (Lipinski definition) is 35. The first-order valence-corrected chi connectivity index (χ1v) is 29.4. The molecular weight excluding hydrogens is 1260 g/mol. The van der Waals surface area contributed by atoms with Crippen molar-refractivity contribution in [3.63, 3.8) is 0 Å². The third-order valence-corrected chi connectivity index (χ3v) is 15.6. The minimum atomic E-state index is -5.63. The van der Waals surface area contributed by atoms with Gasteiger partial charge in [-0.15, -0.1) is 0 Å². The highest BCUT2D eigenvalue weighted by Crippen LogP contribution is 2.37. The molecule has 0 aromatic heterocycles. The summed E-state index contributed by atoms with van der Waals surface area (Å²) in [5.41, 5.74) is 5.40. The molecule has 86 heavy (non-hydrogen) atoms. The minimum absolute atomic E-state index is 0.0761. The van der Waals surface area contributed by atoms with Crippen LogP contribution in [0.5, 0.6) is 0 Å². The van der Waals surface area contributed by atoms with E-state index in [0.717, 1.165) is 0 Å². The predicted molar refractivity (Wildman–Crippen MR) is 256 cm³/mol. The maximum atomic E-state index is 12.8. The lowest BCUT2D eigenvalue weighted by atomic mass is 9.94. The van der Waals surface area contributed by atoms with E-state index in [1.54, 1.807) is 0 Å². The number of carbonyl (C=O) groups is 3. The number of hydrogen-bond donors (Lipinski definition) is 23. The van der Waals surface area contributed by atoms with Gasteiger partial charge in [0.05, 0.1) is 26.4 Å². The molecule has 0 radical (unpaired) electrons. The Bertz CT molecular complexity index is 2620. The molecule has 6 fully saturated rings. The number of nitrogens with one attached hydrogen (secondary N) is 3. The predicted octanol–water partition coefficient (Wildman–Crippen LogP) is -15.3. The molecule has 0 bridgehead atoms. The van der Waals surface area contributed by atoms with Gasteiger partial charge in [0.25, 0.3) is 0 Å². The molecule has 0 unspecified atom stereocenters. The van der Waals surface area contributed by atoms with E-state index in [4.69, 9.17) is 62.6 Å². The van der Waals surface area contributed by atoms with Gasteiger partial charge in [-0.25, -0.2) is 14.4 Å². The first-order valence-electron chi connectivity index (χ1n) is 25.0. The van der Waals surface area contributed by atoms with Crippen molar-refractivity contribution in [2.75, 3.05) is 33.0 Å². The van der Waals surface area contributed by atoms with Crippen LogP contribution in [0.4, 0.5) is 0 Å². The van der Waals surface area contributed by atoms with Gasteiger partial charge in [-0.2, -0.15) is 39.4 Å². The Balaban J connectivity index is 1.20. The van der Waals surface area contributed by atoms with Crippen LogP contribution in [-0.2, 0) is 102 Å². The molecule has 0 aromatic carbocycles. The zero-order valence-electron chi connectivity index (χ0n) is 43.4. The summed E-state index contributed by atoms with van der Waals surface area (Å²) in [6.07, 6.45) is -64.4. The van der Waals surface area contributed by atoms with Crippen LogP contribution >= 0.6 is 0 Å². The number of aliphatic hydroxyl groups is 13. The largest absolute Gasteiger partial charge is 0.479 e. The molecule has 0 spiro atoms. The summed E-state index contributed by atoms with van der Waals surface area (Å²) in [6, 6.07) is -7.27. The van der Waals surface area contributed by atoms with Gasteiger partial charge in [-0.3, -0.25) is 13.7 Å². The van der Waals surface area contributed by atoms with Crippen LogP contribution in [0.25, 0.3) is 0 Å². The first kappa shape index (κ1) is 72.0. The van der Waals surface area contributed by atoms with Gasteiger partial charge in [0, 0.05) is 0 Å². The zero-order chi connectivity index (χ0) is 64.4. The Hall–Kier alpha value is -3.02. The van der Waals surface area contributed by atoms with Gasteiger partial charge >= 0.3 is 48.8 Å². The zero-order valence-corrected chi connectivity index (χ0v) is 45.9. The van der Waals surface area contributed by atoms with Crippen LogP contribution in [-0.4, -0.2) is 356 Å². The van der Waals surface area contributed by atoms with Crippen LogP contribution in [0.3, 0.4) is 0 Å². The van der Waals surface area contributed by atoms with Crippen molar-refractivity contribution in [2.24, 2.45) is 5.73 Å². The third kappa shape index (κ3) is 16.9. The van der Waals surface area contributed by atoms with E-state index in [1.807, 2.05) is 0 Å². The molecule has 0 amide bonds. The van der Waals surface area contributed by atoms with E-state index in [9.17, 15) is 135 Å². The van der Waals surface area contributed by atoms with Gasteiger partial charge in [-0.1, -0.05) is 0 Å². The topological polar surface area (TPSA) is 711 Å². The summed E-state index contributed by atoms with van der Waals surface area (Å²) in [6.45, 7) is -3.97. The van der Waals surface area contributed by atoms with Crippen molar-refractivity contribution in [1.29, 1.82) is 0 Å². The number of carboxylic acid groups (broad SMARTS) is 3. The SMILES string of the molecule is NCCCO[C@@H]1O[C@@H](C(=O)O)[C@@H](O[C@H]2O[C@H](CO)[C@@H](O[C@@H]3O[C@@H](C(=O)O)[C@@H](O[C@H]4O[C@H](CO)[C@@H](O[C@@H]5O[C@@H](C(=O)O)[C@@H](O[C@H]6O[C@H](CO)[C@@H](O)[C@H](O)[C@H]6NS(=O)(=O)O)[C@H](O)[C@H]5O)[C@H](O)[C@H]4NS(=O)(=O)O)[C@H](O)[C@H]3O)[C@H](O)[C@H]2NS(=O)(=O)O)[C@H](O)[C@H]1O. The van der Waals surface area contributed by atoms with Crippen molar-refractivity contribution in [1.82, 2.24) is 14.2 Å². The normalized spacial score (nSPS) is 44.6. The van der Waals surface area contributed by atoms with E-state index in [-0.39, 0.29) is 19.6 Å². The Morgan fingerprint density at radius 3 is 0.977 bits per heavy atom. The number of carboxylic acids is 3. The van der Waals surface area contributed by atoms with Gasteiger partial charge in [0.2, 0.25) is 0 Å². The molecule has 6 rings (SSSR count). The molecule has 500 valence electrons. The van der Waals surface area contributed by atoms with Crippen LogP contribution in [0.2, 0.25) is 0 Å². The van der Waals surface area contributed by atoms with E-state index < -0.39 is 253 Å². The third-order valence-electron chi connectivity index (χ3n) is 13.9. The number of aliphatic carboxylic acids is 3. The highest BCUT2D eigenvalue weighted by molar-refractivity contribution is 7.84. The summed E-state index contributed by atoms with van der Waals surface area (Å²) in [5.74, 6) is -6.15. The summed E-state index contributed by atoms with van der Waals surface area (Å²) in [5, 5.41) is 172. The second-order valence-electron chi connectivity index (χ2n) is 19.7. The highest BCUT2D eigenvalue weighted by atomic mass is 32.2. The molecule has 6 aliphatic rings. The molecule has 44 nitrogen and oxygen atoms in total. The average molecular weight is 1330 g/mol. The Morgan fingerprint density at radius 2 is 0.674 bits per heavy atom.